The van der Waals surface area contributed by atoms with E-state index in [4.69, 9.17) is 14.9 Å². The maximum atomic E-state index is 13.8. The van der Waals surface area contributed by atoms with Gasteiger partial charge in [0.2, 0.25) is 5.55 Å². The molecule has 0 atom stereocenters. The van der Waals surface area contributed by atoms with Crippen LogP contribution in [0.15, 0.2) is 51.9 Å². The molecule has 122 valence electrons. The fraction of sp³-hybridized carbons (Fsp3) is 0.0588. The van der Waals surface area contributed by atoms with Gasteiger partial charge in [0, 0.05) is 11.5 Å². The van der Waals surface area contributed by atoms with E-state index in [0.29, 0.717) is 22.8 Å². The second kappa shape index (κ2) is 6.11. The first-order valence-electron chi connectivity index (χ1n) is 6.89. The maximum Gasteiger partial charge on any atom is 0.254 e. The van der Waals surface area contributed by atoms with Crippen LogP contribution in [0.2, 0.25) is 0 Å². The summed E-state index contributed by atoms with van der Waals surface area (Å²) in [6, 6.07) is 9.31. The zero-order valence-corrected chi connectivity index (χ0v) is 12.5. The first-order valence-corrected chi connectivity index (χ1v) is 6.89. The van der Waals surface area contributed by atoms with Crippen molar-refractivity contribution in [3.8, 4) is 5.75 Å². The van der Waals surface area contributed by atoms with Crippen molar-refractivity contribution in [2.24, 2.45) is 10.7 Å². The molecule has 0 radical (unpaired) electrons. The number of amides is 1. The number of carbonyl (C=O) groups excluding carboxylic acids is 1. The number of rotatable bonds is 3. The Hall–Kier alpha value is -3.22. The van der Waals surface area contributed by atoms with Crippen molar-refractivity contribution in [2.75, 3.05) is 7.11 Å². The molecule has 0 spiro atoms. The van der Waals surface area contributed by atoms with E-state index in [1.54, 1.807) is 18.2 Å². The van der Waals surface area contributed by atoms with Gasteiger partial charge in [-0.1, -0.05) is 0 Å². The molecule has 1 amide bonds. The summed E-state index contributed by atoms with van der Waals surface area (Å²) in [5.74, 6) is -1.83. The minimum Gasteiger partial charge on any atom is -0.497 e. The fourth-order valence-corrected chi connectivity index (χ4v) is 2.18. The van der Waals surface area contributed by atoms with Crippen LogP contribution in [0.3, 0.4) is 0 Å². The quantitative estimate of drug-likeness (QED) is 0.802. The van der Waals surface area contributed by atoms with E-state index >= 15 is 0 Å². The molecule has 2 N–H and O–H groups in total. The standard InChI is InChI=1S/C17H12F2N2O3/c1-23-11-3-5-15-9(6-11)7-12(16(20)22)17(24-15)21-14-4-2-10(18)8-13(14)19/h2-8H,1H3,(H2,20,22). The fourth-order valence-electron chi connectivity index (χ4n) is 2.18. The van der Waals surface area contributed by atoms with Crippen molar-refractivity contribution < 1.29 is 22.7 Å². The van der Waals surface area contributed by atoms with E-state index in [-0.39, 0.29) is 16.8 Å². The minimum absolute atomic E-state index is 0.0283. The molecule has 1 heterocycles. The smallest absolute Gasteiger partial charge is 0.254 e. The highest BCUT2D eigenvalue weighted by Gasteiger charge is 2.11. The topological polar surface area (TPSA) is 77.8 Å². The number of nitrogens with two attached hydrogens (primary N) is 1. The Kier molecular flexibility index (Phi) is 3.99. The van der Waals surface area contributed by atoms with Crippen LogP contribution in [0.5, 0.6) is 5.75 Å². The number of fused-ring (bicyclic) bond motifs is 1. The van der Waals surface area contributed by atoms with Crippen LogP contribution in [0.4, 0.5) is 14.5 Å². The summed E-state index contributed by atoms with van der Waals surface area (Å²) >= 11 is 0. The predicted octanol–water partition coefficient (Wildman–Crippen LogP) is 3.05. The molecule has 0 fully saturated rings. The van der Waals surface area contributed by atoms with Crippen molar-refractivity contribution in [1.82, 2.24) is 0 Å². The highest BCUT2D eigenvalue weighted by Crippen LogP contribution is 2.22. The minimum atomic E-state index is -0.879. The van der Waals surface area contributed by atoms with Gasteiger partial charge in [-0.15, -0.1) is 0 Å². The first kappa shape index (κ1) is 15.7. The molecule has 3 aromatic rings. The van der Waals surface area contributed by atoms with Gasteiger partial charge in [0.25, 0.3) is 5.91 Å². The molecule has 0 aliphatic carbocycles. The number of hydrogen-bond acceptors (Lipinski definition) is 4. The Morgan fingerprint density at radius 2 is 1.96 bits per heavy atom. The zero-order valence-electron chi connectivity index (χ0n) is 12.5. The molecule has 5 nitrogen and oxygen atoms in total. The van der Waals surface area contributed by atoms with Crippen molar-refractivity contribution in [3.05, 3.63) is 65.2 Å². The number of hydrogen-bond donors (Lipinski definition) is 1. The second-order valence-electron chi connectivity index (χ2n) is 4.94. The summed E-state index contributed by atoms with van der Waals surface area (Å²) in [6.45, 7) is 0. The molecule has 0 aliphatic heterocycles. The van der Waals surface area contributed by atoms with Gasteiger partial charge in [0.05, 0.1) is 7.11 Å². The third-order valence-electron chi connectivity index (χ3n) is 3.35. The molecular weight excluding hydrogens is 318 g/mol. The monoisotopic (exact) mass is 330 g/mol. The lowest BCUT2D eigenvalue weighted by molar-refractivity contribution is 0.0996. The van der Waals surface area contributed by atoms with Crippen LogP contribution in [0.25, 0.3) is 11.0 Å². The molecule has 1 aromatic heterocycles. The van der Waals surface area contributed by atoms with Crippen LogP contribution >= 0.6 is 0 Å². The van der Waals surface area contributed by atoms with Gasteiger partial charge in [-0.2, -0.15) is 0 Å². The zero-order chi connectivity index (χ0) is 17.3. The molecule has 2 aromatic carbocycles. The molecule has 24 heavy (non-hydrogen) atoms. The number of primary amides is 1. The summed E-state index contributed by atoms with van der Waals surface area (Å²) in [7, 11) is 1.51. The van der Waals surface area contributed by atoms with Crippen LogP contribution < -0.4 is 16.0 Å². The second-order valence-corrected chi connectivity index (χ2v) is 4.94. The molecule has 7 heteroatoms. The normalized spacial score (nSPS) is 11.7. The van der Waals surface area contributed by atoms with E-state index in [9.17, 15) is 13.6 Å². The van der Waals surface area contributed by atoms with E-state index in [2.05, 4.69) is 4.99 Å². The van der Waals surface area contributed by atoms with Crippen LogP contribution in [-0.2, 0) is 0 Å². The van der Waals surface area contributed by atoms with Crippen LogP contribution in [0.1, 0.15) is 10.4 Å². The van der Waals surface area contributed by atoms with Gasteiger partial charge in [0.15, 0.2) is 5.82 Å². The molecule has 0 saturated heterocycles. The Balaban J connectivity index is 2.27. The van der Waals surface area contributed by atoms with Gasteiger partial charge in [-0.05, 0) is 36.4 Å². The molecule has 0 saturated carbocycles. The largest absolute Gasteiger partial charge is 0.497 e. The SMILES string of the molecule is COc1ccc2oc(=Nc3ccc(F)cc3F)c(C(N)=O)cc2c1. The summed E-state index contributed by atoms with van der Waals surface area (Å²) < 4.78 is 37.4. The van der Waals surface area contributed by atoms with Gasteiger partial charge in [-0.3, -0.25) is 4.79 Å². The van der Waals surface area contributed by atoms with Gasteiger partial charge < -0.3 is 14.9 Å². The van der Waals surface area contributed by atoms with Gasteiger partial charge >= 0.3 is 0 Å². The number of benzene rings is 2. The Bertz CT molecular complexity index is 1010. The highest BCUT2D eigenvalue weighted by atomic mass is 19.1. The lowest BCUT2D eigenvalue weighted by Crippen LogP contribution is -2.21. The highest BCUT2D eigenvalue weighted by molar-refractivity contribution is 5.95. The van der Waals surface area contributed by atoms with Crippen LogP contribution in [-0.4, -0.2) is 13.0 Å². The number of methoxy groups -OCH3 is 1. The average Bonchev–Trinajstić information content (AvgIpc) is 2.56. The van der Waals surface area contributed by atoms with Crippen molar-refractivity contribution in [3.63, 3.8) is 0 Å². The lowest BCUT2D eigenvalue weighted by Gasteiger charge is -2.04. The summed E-state index contributed by atoms with van der Waals surface area (Å²) in [6.07, 6.45) is 0. The summed E-state index contributed by atoms with van der Waals surface area (Å²) in [5, 5.41) is 0.571. The van der Waals surface area contributed by atoms with Crippen LogP contribution in [0, 0.1) is 11.6 Å². The van der Waals surface area contributed by atoms with Crippen molar-refractivity contribution in [2.45, 2.75) is 0 Å². The Labute approximate surface area is 135 Å². The summed E-state index contributed by atoms with van der Waals surface area (Å²) in [5.41, 5.74) is 5.39. The first-order chi connectivity index (χ1) is 11.5. The summed E-state index contributed by atoms with van der Waals surface area (Å²) in [4.78, 5) is 15.6. The number of ether oxygens (including phenoxy) is 1. The number of carbonyl (C=O) groups is 1. The molecule has 3 rings (SSSR count). The van der Waals surface area contributed by atoms with Crippen molar-refractivity contribution >= 4 is 22.6 Å². The van der Waals surface area contributed by atoms with E-state index in [1.807, 2.05) is 0 Å². The predicted molar refractivity (Wildman–Crippen MR) is 82.9 cm³/mol. The van der Waals surface area contributed by atoms with E-state index in [1.165, 1.54) is 13.2 Å². The third-order valence-corrected chi connectivity index (χ3v) is 3.35. The van der Waals surface area contributed by atoms with E-state index in [0.717, 1.165) is 12.1 Å². The lowest BCUT2D eigenvalue weighted by atomic mass is 10.1. The van der Waals surface area contributed by atoms with Crippen molar-refractivity contribution in [1.29, 1.82) is 0 Å². The van der Waals surface area contributed by atoms with E-state index < -0.39 is 17.5 Å². The molecule has 0 aliphatic rings. The number of halogens is 2. The Morgan fingerprint density at radius 1 is 1.17 bits per heavy atom. The maximum absolute atomic E-state index is 13.8. The van der Waals surface area contributed by atoms with Gasteiger partial charge in [-0.25, -0.2) is 13.8 Å². The number of nitrogens with zero attached hydrogens (tertiary/aromatic N) is 1. The molecule has 0 unspecified atom stereocenters. The molecular formula is C17H12F2N2O3. The third kappa shape index (κ3) is 2.96. The Morgan fingerprint density at radius 3 is 2.62 bits per heavy atom. The molecule has 0 bridgehead atoms. The average molecular weight is 330 g/mol. The van der Waals surface area contributed by atoms with Gasteiger partial charge in [0.1, 0.15) is 28.4 Å².